The Bertz CT molecular complexity index is 74.1. The Hall–Kier alpha value is -0.0800. The van der Waals surface area contributed by atoms with Gasteiger partial charge >= 0.3 is 0 Å². The van der Waals surface area contributed by atoms with Crippen LogP contribution in [0.1, 0.15) is 41.5 Å². The number of rotatable bonds is 3. The van der Waals surface area contributed by atoms with E-state index in [1.807, 2.05) is 13.8 Å². The van der Waals surface area contributed by atoms with E-state index in [2.05, 4.69) is 19.2 Å². The van der Waals surface area contributed by atoms with Crippen LogP contribution in [-0.4, -0.2) is 23.3 Å². The lowest BCUT2D eigenvalue weighted by Crippen LogP contribution is -2.38. The summed E-state index contributed by atoms with van der Waals surface area (Å²) in [5.74, 6) is 0. The molecule has 0 aromatic carbocycles. The smallest absolute Gasteiger partial charge is 0.0715 e. The molecule has 0 atom stereocenters. The van der Waals surface area contributed by atoms with Crippen molar-refractivity contribution in [3.8, 4) is 0 Å². The molecule has 70 valence electrons. The summed E-state index contributed by atoms with van der Waals surface area (Å²) >= 11 is 0. The summed E-state index contributed by atoms with van der Waals surface area (Å²) in [6.07, 6.45) is 0. The van der Waals surface area contributed by atoms with Crippen LogP contribution in [0.15, 0.2) is 0 Å². The van der Waals surface area contributed by atoms with Crippen LogP contribution in [0.2, 0.25) is 0 Å². The Morgan fingerprint density at radius 3 is 1.73 bits per heavy atom. The second-order valence-corrected chi connectivity index (χ2v) is 3.35. The molecule has 11 heavy (non-hydrogen) atoms. The Labute approximate surface area is 71.0 Å². The third-order valence-corrected chi connectivity index (χ3v) is 0.943. The van der Waals surface area contributed by atoms with E-state index in [0.29, 0.717) is 12.6 Å². The molecule has 0 unspecified atom stereocenters. The van der Waals surface area contributed by atoms with Gasteiger partial charge in [0.25, 0.3) is 0 Å². The van der Waals surface area contributed by atoms with Crippen LogP contribution < -0.4 is 5.32 Å². The molecule has 0 heterocycles. The minimum Gasteiger partial charge on any atom is -0.389 e. The fourth-order valence-electron chi connectivity index (χ4n) is 0.454. The van der Waals surface area contributed by atoms with Gasteiger partial charge in [-0.3, -0.25) is 0 Å². The Balaban J connectivity index is 0. The van der Waals surface area contributed by atoms with Gasteiger partial charge in [0, 0.05) is 12.6 Å². The number of aliphatic hydroxyl groups is 1. The van der Waals surface area contributed by atoms with Gasteiger partial charge in [0.1, 0.15) is 0 Å². The molecule has 0 aromatic heterocycles. The zero-order valence-corrected chi connectivity index (χ0v) is 8.73. The van der Waals surface area contributed by atoms with Crippen LogP contribution in [0.3, 0.4) is 0 Å². The lowest BCUT2D eigenvalue weighted by atomic mass is 10.1. The second kappa shape index (κ2) is 6.62. The van der Waals surface area contributed by atoms with E-state index in [-0.39, 0.29) is 0 Å². The summed E-state index contributed by atoms with van der Waals surface area (Å²) in [7, 11) is 0. The van der Waals surface area contributed by atoms with E-state index in [9.17, 15) is 5.11 Å². The summed E-state index contributed by atoms with van der Waals surface area (Å²) in [5, 5.41) is 12.3. The fraction of sp³-hybridized carbons (Fsp3) is 1.00. The summed E-state index contributed by atoms with van der Waals surface area (Å²) < 4.78 is 0. The lowest BCUT2D eigenvalue weighted by Gasteiger charge is -2.19. The van der Waals surface area contributed by atoms with Gasteiger partial charge in [0.05, 0.1) is 5.60 Å². The summed E-state index contributed by atoms with van der Waals surface area (Å²) in [6, 6.07) is 0.455. The van der Waals surface area contributed by atoms with Gasteiger partial charge in [-0.25, -0.2) is 0 Å². The molecule has 0 saturated heterocycles. The van der Waals surface area contributed by atoms with Gasteiger partial charge in [0.15, 0.2) is 0 Å². The molecule has 0 rings (SSSR count). The minimum absolute atomic E-state index is 0.455. The van der Waals surface area contributed by atoms with Crippen molar-refractivity contribution in [3.63, 3.8) is 0 Å². The van der Waals surface area contributed by atoms with Crippen molar-refractivity contribution in [2.45, 2.75) is 53.2 Å². The van der Waals surface area contributed by atoms with Crippen molar-refractivity contribution >= 4 is 0 Å². The van der Waals surface area contributed by atoms with Gasteiger partial charge in [-0.05, 0) is 13.8 Å². The maximum Gasteiger partial charge on any atom is 0.0715 e. The molecule has 0 aromatic rings. The predicted molar refractivity (Wildman–Crippen MR) is 50.8 cm³/mol. The molecule has 0 saturated carbocycles. The van der Waals surface area contributed by atoms with Crippen molar-refractivity contribution in [3.05, 3.63) is 0 Å². The van der Waals surface area contributed by atoms with Crippen molar-refractivity contribution in [1.82, 2.24) is 5.32 Å². The first kappa shape index (κ1) is 13.5. The summed E-state index contributed by atoms with van der Waals surface area (Å²) in [6.45, 7) is 12.4. The van der Waals surface area contributed by atoms with E-state index < -0.39 is 5.60 Å². The van der Waals surface area contributed by atoms with Gasteiger partial charge < -0.3 is 10.4 Å². The average molecular weight is 161 g/mol. The standard InChI is InChI=1S/C7H17NO.C2H6/c1-6(2)8-5-7(3,4)9;1-2/h6,8-9H,5H2,1-4H3;1-2H3. The molecule has 2 nitrogen and oxygen atoms in total. The highest BCUT2D eigenvalue weighted by molar-refractivity contribution is 4.69. The average Bonchev–Trinajstić information content (AvgIpc) is 1.87. The van der Waals surface area contributed by atoms with Crippen LogP contribution in [0, 0.1) is 0 Å². The van der Waals surface area contributed by atoms with Crippen LogP contribution in [-0.2, 0) is 0 Å². The molecular weight excluding hydrogens is 138 g/mol. The van der Waals surface area contributed by atoms with Crippen molar-refractivity contribution in [1.29, 1.82) is 0 Å². The lowest BCUT2D eigenvalue weighted by molar-refractivity contribution is 0.0776. The molecule has 0 aliphatic carbocycles. The summed E-state index contributed by atoms with van der Waals surface area (Å²) in [4.78, 5) is 0. The largest absolute Gasteiger partial charge is 0.389 e. The molecule has 2 heteroatoms. The number of hydrogen-bond acceptors (Lipinski definition) is 2. The third-order valence-electron chi connectivity index (χ3n) is 0.943. The van der Waals surface area contributed by atoms with Gasteiger partial charge in [-0.15, -0.1) is 0 Å². The fourth-order valence-corrected chi connectivity index (χ4v) is 0.454. The predicted octanol–water partition coefficient (Wildman–Crippen LogP) is 1.78. The molecule has 0 fully saturated rings. The third kappa shape index (κ3) is 17.8. The number of hydrogen-bond donors (Lipinski definition) is 2. The van der Waals surface area contributed by atoms with Crippen LogP contribution in [0.25, 0.3) is 0 Å². The first-order valence-corrected chi connectivity index (χ1v) is 4.37. The molecule has 0 bridgehead atoms. The summed E-state index contributed by atoms with van der Waals surface area (Å²) in [5.41, 5.74) is -0.579. The SMILES string of the molecule is CC.CC(C)NCC(C)(C)O. The molecule has 2 N–H and O–H groups in total. The monoisotopic (exact) mass is 161 g/mol. The van der Waals surface area contributed by atoms with Crippen molar-refractivity contribution in [2.75, 3.05) is 6.54 Å². The highest BCUT2D eigenvalue weighted by Crippen LogP contribution is 1.97. The van der Waals surface area contributed by atoms with Gasteiger partial charge in [-0.1, -0.05) is 27.7 Å². The van der Waals surface area contributed by atoms with E-state index in [1.165, 1.54) is 0 Å². The maximum atomic E-state index is 9.20. The Kier molecular flexibility index (Phi) is 8.13. The molecule has 0 aliphatic heterocycles. The zero-order valence-electron chi connectivity index (χ0n) is 8.73. The maximum absolute atomic E-state index is 9.20. The van der Waals surface area contributed by atoms with E-state index >= 15 is 0 Å². The minimum atomic E-state index is -0.579. The van der Waals surface area contributed by atoms with Crippen molar-refractivity contribution < 1.29 is 5.11 Å². The van der Waals surface area contributed by atoms with E-state index in [0.717, 1.165) is 0 Å². The molecule has 0 amide bonds. The number of nitrogens with one attached hydrogen (secondary N) is 1. The van der Waals surface area contributed by atoms with Crippen LogP contribution >= 0.6 is 0 Å². The highest BCUT2D eigenvalue weighted by Gasteiger charge is 2.11. The van der Waals surface area contributed by atoms with E-state index in [4.69, 9.17) is 0 Å². The highest BCUT2D eigenvalue weighted by atomic mass is 16.3. The first-order valence-electron chi connectivity index (χ1n) is 4.37. The molecule has 0 aliphatic rings. The van der Waals surface area contributed by atoms with Crippen molar-refractivity contribution in [2.24, 2.45) is 0 Å². The van der Waals surface area contributed by atoms with Crippen LogP contribution in [0.4, 0.5) is 0 Å². The van der Waals surface area contributed by atoms with Gasteiger partial charge in [-0.2, -0.15) is 0 Å². The normalized spacial score (nSPS) is 10.9. The first-order chi connectivity index (χ1) is 4.92. The Morgan fingerprint density at radius 1 is 1.27 bits per heavy atom. The molecule has 0 radical (unpaired) electrons. The Morgan fingerprint density at radius 2 is 1.64 bits per heavy atom. The topological polar surface area (TPSA) is 32.3 Å². The zero-order chi connectivity index (χ0) is 9.49. The van der Waals surface area contributed by atoms with E-state index in [1.54, 1.807) is 13.8 Å². The quantitative estimate of drug-likeness (QED) is 0.661. The molecule has 0 spiro atoms. The second-order valence-electron chi connectivity index (χ2n) is 3.35. The van der Waals surface area contributed by atoms with Crippen LogP contribution in [0.5, 0.6) is 0 Å². The molecular formula is C9H23NO. The van der Waals surface area contributed by atoms with Gasteiger partial charge in [0.2, 0.25) is 0 Å².